The molecule has 0 unspecified atom stereocenters. The Labute approximate surface area is 149 Å². The van der Waals surface area contributed by atoms with Crippen molar-refractivity contribution in [1.29, 1.82) is 0 Å². The molecule has 132 valence electrons. The van der Waals surface area contributed by atoms with Crippen molar-refractivity contribution in [2.24, 2.45) is 0 Å². The number of hydrogen-bond acceptors (Lipinski definition) is 6. The van der Waals surface area contributed by atoms with Crippen LogP contribution in [0.5, 0.6) is 0 Å². The van der Waals surface area contributed by atoms with Crippen molar-refractivity contribution >= 4 is 23.3 Å². The van der Waals surface area contributed by atoms with Gasteiger partial charge in [-0.1, -0.05) is 18.2 Å². The number of anilines is 1. The molecule has 1 aromatic carbocycles. The fourth-order valence-electron chi connectivity index (χ4n) is 2.42. The number of rotatable bonds is 5. The number of carbonyl (C=O) groups is 2. The largest absolute Gasteiger partial charge is 0.466 e. The highest BCUT2D eigenvalue weighted by molar-refractivity contribution is 5.98. The molecule has 2 aromatic heterocycles. The second-order valence-electron chi connectivity index (χ2n) is 5.37. The molecule has 0 radical (unpaired) electrons. The maximum absolute atomic E-state index is 11.9. The molecule has 3 rings (SSSR count). The first-order valence-corrected chi connectivity index (χ1v) is 7.80. The van der Waals surface area contributed by atoms with E-state index in [2.05, 4.69) is 15.0 Å². The lowest BCUT2D eigenvalue weighted by Crippen LogP contribution is -2.15. The first kappa shape index (κ1) is 17.2. The van der Waals surface area contributed by atoms with Crippen molar-refractivity contribution in [2.75, 3.05) is 19.5 Å². The average molecular weight is 351 g/mol. The third-order valence-electron chi connectivity index (χ3n) is 3.67. The van der Waals surface area contributed by atoms with Crippen molar-refractivity contribution < 1.29 is 19.1 Å². The van der Waals surface area contributed by atoms with E-state index in [1.807, 2.05) is 53.2 Å². The number of imidazole rings is 1. The molecular formula is C19H17N3O4. The van der Waals surface area contributed by atoms with E-state index in [1.54, 1.807) is 6.07 Å². The van der Waals surface area contributed by atoms with Gasteiger partial charge in [-0.3, -0.25) is 0 Å². The van der Waals surface area contributed by atoms with Gasteiger partial charge in [0.2, 0.25) is 0 Å². The van der Waals surface area contributed by atoms with Crippen LogP contribution in [0.1, 0.15) is 0 Å². The van der Waals surface area contributed by atoms with Crippen LogP contribution < -0.4 is 5.32 Å². The maximum atomic E-state index is 11.9. The Morgan fingerprint density at radius 1 is 1.12 bits per heavy atom. The molecule has 2 heterocycles. The number of benzene rings is 1. The normalized spacial score (nSPS) is 11.2. The summed E-state index contributed by atoms with van der Waals surface area (Å²) in [5.41, 5.74) is 3.07. The number of hydrogen-bond donors (Lipinski definition) is 1. The Morgan fingerprint density at radius 2 is 1.96 bits per heavy atom. The molecule has 0 saturated heterocycles. The number of aromatic nitrogens is 2. The Bertz CT molecular complexity index is 958. The Kier molecular flexibility index (Phi) is 4.98. The maximum Gasteiger partial charge on any atom is 0.354 e. The molecule has 0 aliphatic rings. The second-order valence-corrected chi connectivity index (χ2v) is 5.37. The SMILES string of the molecule is COC(=O)/C=C(/Nc1cccc(-c2cn3ccccc3n2)c1)C(=O)OC. The summed E-state index contributed by atoms with van der Waals surface area (Å²) in [6, 6.07) is 13.1. The molecule has 7 heteroatoms. The van der Waals surface area contributed by atoms with Gasteiger partial charge in [-0.15, -0.1) is 0 Å². The number of fused-ring (bicyclic) bond motifs is 1. The van der Waals surface area contributed by atoms with Gasteiger partial charge >= 0.3 is 11.9 Å². The van der Waals surface area contributed by atoms with Crippen molar-refractivity contribution in [3.05, 3.63) is 66.6 Å². The van der Waals surface area contributed by atoms with E-state index >= 15 is 0 Å². The highest BCUT2D eigenvalue weighted by Crippen LogP contribution is 2.23. The molecule has 1 N–H and O–H groups in total. The van der Waals surface area contributed by atoms with Gasteiger partial charge in [0.25, 0.3) is 0 Å². The minimum absolute atomic E-state index is 0.0218. The number of nitrogens with one attached hydrogen (secondary N) is 1. The topological polar surface area (TPSA) is 81.9 Å². The van der Waals surface area contributed by atoms with Crippen LogP contribution in [0.2, 0.25) is 0 Å². The van der Waals surface area contributed by atoms with Gasteiger partial charge in [-0.05, 0) is 24.3 Å². The van der Waals surface area contributed by atoms with Crippen LogP contribution in [0.25, 0.3) is 16.9 Å². The molecule has 0 aliphatic heterocycles. The first-order valence-electron chi connectivity index (χ1n) is 7.80. The van der Waals surface area contributed by atoms with Crippen LogP contribution in [0.4, 0.5) is 5.69 Å². The zero-order chi connectivity index (χ0) is 18.5. The zero-order valence-corrected chi connectivity index (χ0v) is 14.3. The van der Waals surface area contributed by atoms with Crippen LogP contribution in [-0.2, 0) is 19.1 Å². The van der Waals surface area contributed by atoms with Gasteiger partial charge in [-0.25, -0.2) is 14.6 Å². The van der Waals surface area contributed by atoms with E-state index in [0.29, 0.717) is 5.69 Å². The third kappa shape index (κ3) is 3.72. The molecule has 7 nitrogen and oxygen atoms in total. The summed E-state index contributed by atoms with van der Waals surface area (Å²) in [6.07, 6.45) is 4.88. The van der Waals surface area contributed by atoms with Crippen LogP contribution in [0.3, 0.4) is 0 Å². The molecule has 0 spiro atoms. The molecule has 0 bridgehead atoms. The van der Waals surface area contributed by atoms with E-state index in [-0.39, 0.29) is 5.70 Å². The van der Waals surface area contributed by atoms with Crippen molar-refractivity contribution in [3.63, 3.8) is 0 Å². The van der Waals surface area contributed by atoms with Gasteiger partial charge in [0.05, 0.1) is 26.0 Å². The predicted octanol–water partition coefficient (Wildman–Crippen LogP) is 2.64. The fraction of sp³-hybridized carbons (Fsp3) is 0.105. The average Bonchev–Trinajstić information content (AvgIpc) is 3.11. The fourth-order valence-corrected chi connectivity index (χ4v) is 2.42. The third-order valence-corrected chi connectivity index (χ3v) is 3.67. The number of pyridine rings is 1. The number of methoxy groups -OCH3 is 2. The number of nitrogens with zero attached hydrogens (tertiary/aromatic N) is 2. The molecule has 0 amide bonds. The van der Waals surface area contributed by atoms with Crippen molar-refractivity contribution in [2.45, 2.75) is 0 Å². The van der Waals surface area contributed by atoms with Gasteiger partial charge in [-0.2, -0.15) is 0 Å². The standard InChI is InChI=1S/C19H17N3O4/c1-25-18(23)11-15(19(24)26-2)20-14-7-5-6-13(10-14)16-12-22-9-4-3-8-17(22)21-16/h3-12,20H,1-2H3/b15-11+. The Hall–Kier alpha value is -3.61. The van der Waals surface area contributed by atoms with Crippen LogP contribution in [0.15, 0.2) is 66.6 Å². The molecule has 0 atom stereocenters. The number of carbonyl (C=O) groups excluding carboxylic acids is 2. The highest BCUT2D eigenvalue weighted by atomic mass is 16.5. The summed E-state index contributed by atoms with van der Waals surface area (Å²) in [5, 5.41) is 2.89. The zero-order valence-electron chi connectivity index (χ0n) is 14.3. The molecule has 0 fully saturated rings. The minimum Gasteiger partial charge on any atom is -0.466 e. The van der Waals surface area contributed by atoms with Gasteiger partial charge < -0.3 is 19.2 Å². The molecule has 3 aromatic rings. The summed E-state index contributed by atoms with van der Waals surface area (Å²) < 4.78 is 11.2. The highest BCUT2D eigenvalue weighted by Gasteiger charge is 2.13. The molecule has 0 aliphatic carbocycles. The van der Waals surface area contributed by atoms with Crippen molar-refractivity contribution in [1.82, 2.24) is 9.38 Å². The van der Waals surface area contributed by atoms with Gasteiger partial charge in [0.15, 0.2) is 0 Å². The lowest BCUT2D eigenvalue weighted by molar-refractivity contribution is -0.138. The minimum atomic E-state index is -0.673. The van der Waals surface area contributed by atoms with Crippen LogP contribution in [0, 0.1) is 0 Å². The predicted molar refractivity (Wildman–Crippen MR) is 96.4 cm³/mol. The van der Waals surface area contributed by atoms with E-state index in [9.17, 15) is 9.59 Å². The van der Waals surface area contributed by atoms with Gasteiger partial charge in [0, 0.05) is 23.6 Å². The van der Waals surface area contributed by atoms with E-state index in [4.69, 9.17) is 4.74 Å². The summed E-state index contributed by atoms with van der Waals surface area (Å²) in [6.45, 7) is 0. The Morgan fingerprint density at radius 3 is 2.69 bits per heavy atom. The monoisotopic (exact) mass is 351 g/mol. The summed E-state index contributed by atoms with van der Waals surface area (Å²) in [5.74, 6) is -1.33. The lowest BCUT2D eigenvalue weighted by atomic mass is 10.1. The van der Waals surface area contributed by atoms with E-state index in [1.165, 1.54) is 14.2 Å². The van der Waals surface area contributed by atoms with Crippen molar-refractivity contribution in [3.8, 4) is 11.3 Å². The smallest absolute Gasteiger partial charge is 0.354 e. The summed E-state index contributed by atoms with van der Waals surface area (Å²) >= 11 is 0. The Balaban J connectivity index is 1.91. The first-order chi connectivity index (χ1) is 12.6. The summed E-state index contributed by atoms with van der Waals surface area (Å²) in [7, 11) is 2.47. The van der Waals surface area contributed by atoms with Gasteiger partial charge in [0.1, 0.15) is 11.3 Å². The molecule has 26 heavy (non-hydrogen) atoms. The van der Waals surface area contributed by atoms with Crippen LogP contribution in [-0.4, -0.2) is 35.5 Å². The second kappa shape index (κ2) is 7.52. The lowest BCUT2D eigenvalue weighted by Gasteiger charge is -2.10. The molecular weight excluding hydrogens is 334 g/mol. The number of esters is 2. The van der Waals surface area contributed by atoms with Crippen LogP contribution >= 0.6 is 0 Å². The number of ether oxygens (including phenoxy) is 2. The van der Waals surface area contributed by atoms with E-state index in [0.717, 1.165) is 23.0 Å². The van der Waals surface area contributed by atoms with E-state index < -0.39 is 11.9 Å². The molecule has 0 saturated carbocycles. The summed E-state index contributed by atoms with van der Waals surface area (Å²) in [4.78, 5) is 27.9. The quantitative estimate of drug-likeness (QED) is 0.562.